The summed E-state index contributed by atoms with van der Waals surface area (Å²) in [6, 6.07) is 17.1. The summed E-state index contributed by atoms with van der Waals surface area (Å²) < 4.78 is 0. The van der Waals surface area contributed by atoms with E-state index in [1.165, 1.54) is 5.69 Å². The first-order valence-electron chi connectivity index (χ1n) is 9.77. The third-order valence-corrected chi connectivity index (χ3v) is 4.78. The number of carbonyl (C=O) groups excluding carboxylic acids is 2. The largest absolute Gasteiger partial charge is 0.371 e. The van der Waals surface area contributed by atoms with Gasteiger partial charge in [0.25, 0.3) is 5.91 Å². The van der Waals surface area contributed by atoms with Gasteiger partial charge in [-0.3, -0.25) is 4.79 Å². The topological polar surface area (TPSA) is 73.5 Å². The number of benzene rings is 2. The van der Waals surface area contributed by atoms with Crippen molar-refractivity contribution >= 4 is 23.3 Å². The van der Waals surface area contributed by atoms with Crippen molar-refractivity contribution in [2.45, 2.75) is 26.3 Å². The Labute approximate surface area is 166 Å². The molecule has 0 bridgehead atoms. The monoisotopic (exact) mass is 380 g/mol. The van der Waals surface area contributed by atoms with Crippen LogP contribution >= 0.6 is 0 Å². The molecular weight excluding hydrogens is 352 g/mol. The molecule has 6 nitrogen and oxygen atoms in total. The summed E-state index contributed by atoms with van der Waals surface area (Å²) in [7, 11) is 0. The number of hydrogen-bond donors (Lipinski definition) is 3. The maximum Gasteiger partial charge on any atom is 0.319 e. The number of rotatable bonds is 6. The second-order valence-electron chi connectivity index (χ2n) is 7.48. The number of para-hydroxylation sites is 1. The summed E-state index contributed by atoms with van der Waals surface area (Å²) in [6.45, 7) is 6.44. The second-order valence-corrected chi connectivity index (χ2v) is 7.48. The first kappa shape index (κ1) is 19.7. The van der Waals surface area contributed by atoms with Crippen molar-refractivity contribution in [3.8, 4) is 0 Å². The van der Waals surface area contributed by atoms with Crippen LogP contribution in [0, 0.1) is 5.92 Å². The van der Waals surface area contributed by atoms with E-state index < -0.39 is 0 Å². The zero-order valence-electron chi connectivity index (χ0n) is 16.4. The highest BCUT2D eigenvalue weighted by atomic mass is 16.2. The van der Waals surface area contributed by atoms with Crippen LogP contribution in [0.1, 0.15) is 30.6 Å². The zero-order valence-corrected chi connectivity index (χ0v) is 16.4. The van der Waals surface area contributed by atoms with Gasteiger partial charge in [-0.1, -0.05) is 18.2 Å². The van der Waals surface area contributed by atoms with Crippen molar-refractivity contribution in [3.05, 3.63) is 60.2 Å². The van der Waals surface area contributed by atoms with E-state index in [2.05, 4.69) is 45.1 Å². The van der Waals surface area contributed by atoms with Gasteiger partial charge in [0.15, 0.2) is 0 Å². The van der Waals surface area contributed by atoms with Crippen LogP contribution in [0.4, 0.5) is 16.2 Å². The van der Waals surface area contributed by atoms with E-state index >= 15 is 0 Å². The molecule has 1 aliphatic heterocycles. The summed E-state index contributed by atoms with van der Waals surface area (Å²) in [5.41, 5.74) is 2.48. The third kappa shape index (κ3) is 5.49. The molecule has 0 spiro atoms. The Bertz CT molecular complexity index is 790. The fraction of sp³-hybridized carbons (Fsp3) is 0.364. The van der Waals surface area contributed by atoms with Crippen LogP contribution in [0.15, 0.2) is 54.6 Å². The first-order valence-corrected chi connectivity index (χ1v) is 9.77. The summed E-state index contributed by atoms with van der Waals surface area (Å²) in [5, 5.41) is 8.55. The van der Waals surface area contributed by atoms with E-state index in [1.54, 1.807) is 24.3 Å². The molecule has 3 N–H and O–H groups in total. The Hall–Kier alpha value is -3.02. The van der Waals surface area contributed by atoms with Crippen LogP contribution in [0.3, 0.4) is 0 Å². The van der Waals surface area contributed by atoms with Gasteiger partial charge in [0.05, 0.1) is 0 Å². The quantitative estimate of drug-likeness (QED) is 0.718. The lowest BCUT2D eigenvalue weighted by Gasteiger charge is -2.18. The van der Waals surface area contributed by atoms with Gasteiger partial charge in [0.1, 0.15) is 0 Å². The average Bonchev–Trinajstić information content (AvgIpc) is 3.16. The average molecular weight is 380 g/mol. The van der Waals surface area contributed by atoms with Crippen molar-refractivity contribution in [2.75, 3.05) is 29.9 Å². The van der Waals surface area contributed by atoms with Crippen molar-refractivity contribution < 1.29 is 9.59 Å². The van der Waals surface area contributed by atoms with E-state index in [0.29, 0.717) is 23.7 Å². The van der Waals surface area contributed by atoms with Gasteiger partial charge in [-0.05, 0) is 62.6 Å². The molecule has 1 aliphatic rings. The van der Waals surface area contributed by atoms with Crippen molar-refractivity contribution in [2.24, 2.45) is 5.92 Å². The minimum atomic E-state index is -0.253. The van der Waals surface area contributed by atoms with E-state index in [-0.39, 0.29) is 18.0 Å². The van der Waals surface area contributed by atoms with E-state index in [0.717, 1.165) is 19.5 Å². The number of nitrogens with one attached hydrogen (secondary N) is 3. The lowest BCUT2D eigenvalue weighted by molar-refractivity contribution is 0.0948. The molecule has 2 aromatic rings. The molecule has 3 rings (SSSR count). The molecule has 0 saturated carbocycles. The van der Waals surface area contributed by atoms with E-state index in [4.69, 9.17) is 0 Å². The SMILES string of the molecule is CC(C)NC(=O)Nc1ccc(C(=O)NCC2CCN(c3ccccc3)C2)cc1. The van der Waals surface area contributed by atoms with E-state index in [9.17, 15) is 9.59 Å². The van der Waals surface area contributed by atoms with Crippen molar-refractivity contribution in [1.29, 1.82) is 0 Å². The number of hydrogen-bond acceptors (Lipinski definition) is 3. The van der Waals surface area contributed by atoms with Gasteiger partial charge in [0.2, 0.25) is 0 Å². The Morgan fingerprint density at radius 1 is 1.07 bits per heavy atom. The molecular formula is C22H28N4O2. The molecule has 148 valence electrons. The molecule has 1 heterocycles. The van der Waals surface area contributed by atoms with Gasteiger partial charge in [0, 0.05) is 42.6 Å². The number of nitrogens with zero attached hydrogens (tertiary/aromatic N) is 1. The molecule has 28 heavy (non-hydrogen) atoms. The van der Waals surface area contributed by atoms with Crippen LogP contribution in [-0.2, 0) is 0 Å². The molecule has 0 aliphatic carbocycles. The zero-order chi connectivity index (χ0) is 19.9. The van der Waals surface area contributed by atoms with Gasteiger partial charge in [-0.15, -0.1) is 0 Å². The number of carbonyl (C=O) groups is 2. The van der Waals surface area contributed by atoms with Crippen LogP contribution in [-0.4, -0.2) is 37.6 Å². The molecule has 6 heteroatoms. The minimum absolute atomic E-state index is 0.0680. The molecule has 1 fully saturated rings. The first-order chi connectivity index (χ1) is 13.5. The van der Waals surface area contributed by atoms with Gasteiger partial charge >= 0.3 is 6.03 Å². The fourth-order valence-electron chi connectivity index (χ4n) is 3.35. The van der Waals surface area contributed by atoms with Crippen molar-refractivity contribution in [1.82, 2.24) is 10.6 Å². The third-order valence-electron chi connectivity index (χ3n) is 4.78. The smallest absolute Gasteiger partial charge is 0.319 e. The van der Waals surface area contributed by atoms with Crippen molar-refractivity contribution in [3.63, 3.8) is 0 Å². The molecule has 1 saturated heterocycles. The summed E-state index contributed by atoms with van der Waals surface area (Å²) in [5.74, 6) is 0.362. The van der Waals surface area contributed by atoms with Gasteiger partial charge < -0.3 is 20.9 Å². The molecule has 1 unspecified atom stereocenters. The maximum absolute atomic E-state index is 12.4. The fourth-order valence-corrected chi connectivity index (χ4v) is 3.35. The van der Waals surface area contributed by atoms with Gasteiger partial charge in [-0.25, -0.2) is 4.79 Å². The number of amides is 3. The summed E-state index contributed by atoms with van der Waals surface area (Å²) in [4.78, 5) is 26.5. The minimum Gasteiger partial charge on any atom is -0.371 e. The molecule has 0 aromatic heterocycles. The van der Waals surface area contributed by atoms with Crippen LogP contribution in [0.2, 0.25) is 0 Å². The summed E-state index contributed by atoms with van der Waals surface area (Å²) in [6.07, 6.45) is 1.07. The predicted molar refractivity (Wildman–Crippen MR) is 113 cm³/mol. The lowest BCUT2D eigenvalue weighted by Crippen LogP contribution is -2.34. The molecule has 0 radical (unpaired) electrons. The summed E-state index contributed by atoms with van der Waals surface area (Å²) >= 11 is 0. The van der Waals surface area contributed by atoms with Crippen LogP contribution < -0.4 is 20.9 Å². The van der Waals surface area contributed by atoms with Crippen LogP contribution in [0.25, 0.3) is 0 Å². The Morgan fingerprint density at radius 3 is 2.46 bits per heavy atom. The highest BCUT2D eigenvalue weighted by molar-refractivity contribution is 5.95. The number of urea groups is 1. The molecule has 3 amide bonds. The highest BCUT2D eigenvalue weighted by Crippen LogP contribution is 2.23. The standard InChI is InChI=1S/C22H28N4O2/c1-16(2)24-22(28)25-19-10-8-18(9-11-19)21(27)23-14-17-12-13-26(15-17)20-6-4-3-5-7-20/h3-11,16-17H,12-15H2,1-2H3,(H,23,27)(H2,24,25,28). The highest BCUT2D eigenvalue weighted by Gasteiger charge is 2.23. The Balaban J connectivity index is 1.45. The Morgan fingerprint density at radius 2 is 1.79 bits per heavy atom. The molecule has 1 atom stereocenters. The maximum atomic E-state index is 12.4. The van der Waals surface area contributed by atoms with Gasteiger partial charge in [-0.2, -0.15) is 0 Å². The van der Waals surface area contributed by atoms with E-state index in [1.807, 2.05) is 19.9 Å². The lowest BCUT2D eigenvalue weighted by atomic mass is 10.1. The Kier molecular flexibility index (Phi) is 6.53. The van der Waals surface area contributed by atoms with Crippen LogP contribution in [0.5, 0.6) is 0 Å². The predicted octanol–water partition coefficient (Wildman–Crippen LogP) is 3.47. The normalized spacial score (nSPS) is 16.1. The number of anilines is 2. The molecule has 2 aromatic carbocycles. The second kappa shape index (κ2) is 9.26.